The normalized spacial score (nSPS) is 11.9. The molecule has 3 rings (SSSR count). The summed E-state index contributed by atoms with van der Waals surface area (Å²) >= 11 is 0. The SMILES string of the molecule is CCOCc1nc2c[n+]([O-])c3ccccc3c2n1CCCNC(=O)OC(C)(C)C. The van der Waals surface area contributed by atoms with Crippen molar-refractivity contribution in [2.45, 2.75) is 52.9 Å². The van der Waals surface area contributed by atoms with E-state index in [1.54, 1.807) is 6.07 Å². The number of aryl methyl sites for hydroxylation is 1. The van der Waals surface area contributed by atoms with Gasteiger partial charge in [-0.3, -0.25) is 0 Å². The second-order valence-corrected chi connectivity index (χ2v) is 7.80. The van der Waals surface area contributed by atoms with Gasteiger partial charge in [0.05, 0.1) is 10.9 Å². The highest BCUT2D eigenvalue weighted by molar-refractivity contribution is 6.00. The van der Waals surface area contributed by atoms with Crippen LogP contribution in [-0.4, -0.2) is 34.4 Å². The molecule has 1 aromatic carbocycles. The topological polar surface area (TPSA) is 92.3 Å². The summed E-state index contributed by atoms with van der Waals surface area (Å²) in [5.41, 5.74) is 1.60. The van der Waals surface area contributed by atoms with Crippen LogP contribution >= 0.6 is 0 Å². The second kappa shape index (κ2) is 8.65. The molecule has 8 heteroatoms. The number of rotatable bonds is 7. The molecule has 1 N–H and O–H groups in total. The molecule has 0 fully saturated rings. The van der Waals surface area contributed by atoms with Crippen molar-refractivity contribution in [1.29, 1.82) is 0 Å². The van der Waals surface area contributed by atoms with Crippen molar-refractivity contribution in [2.75, 3.05) is 13.2 Å². The molecule has 0 saturated heterocycles. The van der Waals surface area contributed by atoms with E-state index in [9.17, 15) is 10.0 Å². The quantitative estimate of drug-likeness (QED) is 0.373. The number of aromatic nitrogens is 3. The zero-order valence-electron chi connectivity index (χ0n) is 17.4. The summed E-state index contributed by atoms with van der Waals surface area (Å²) in [5, 5.41) is 16.0. The Labute approximate surface area is 170 Å². The van der Waals surface area contributed by atoms with Crippen LogP contribution in [0, 0.1) is 5.21 Å². The highest BCUT2D eigenvalue weighted by Gasteiger charge is 2.19. The molecule has 29 heavy (non-hydrogen) atoms. The van der Waals surface area contributed by atoms with Gasteiger partial charge in [0.1, 0.15) is 18.0 Å². The number of ether oxygens (including phenoxy) is 2. The summed E-state index contributed by atoms with van der Waals surface area (Å²) in [6, 6.07) is 7.47. The molecule has 0 spiro atoms. The number of carbonyl (C=O) groups excluding carboxylic acids is 1. The number of nitrogens with zero attached hydrogens (tertiary/aromatic N) is 3. The monoisotopic (exact) mass is 400 g/mol. The molecule has 0 aliphatic heterocycles. The summed E-state index contributed by atoms with van der Waals surface area (Å²) in [6.07, 6.45) is 1.76. The summed E-state index contributed by atoms with van der Waals surface area (Å²) < 4.78 is 13.8. The number of alkyl carbamates (subject to hydrolysis) is 1. The Morgan fingerprint density at radius 1 is 1.31 bits per heavy atom. The molecule has 0 saturated carbocycles. The minimum atomic E-state index is -0.526. The van der Waals surface area contributed by atoms with Crippen LogP contribution in [0.2, 0.25) is 0 Å². The summed E-state index contributed by atoms with van der Waals surface area (Å²) in [7, 11) is 0. The number of hydrogen-bond acceptors (Lipinski definition) is 5. The third-order valence-corrected chi connectivity index (χ3v) is 4.37. The minimum Gasteiger partial charge on any atom is -0.618 e. The number of amides is 1. The van der Waals surface area contributed by atoms with Crippen molar-refractivity contribution in [2.24, 2.45) is 0 Å². The van der Waals surface area contributed by atoms with Crippen LogP contribution in [0.25, 0.3) is 21.9 Å². The fraction of sp³-hybridized carbons (Fsp3) is 0.476. The number of hydrogen-bond donors (Lipinski definition) is 1. The molecule has 0 aliphatic rings. The maximum atomic E-state index is 12.4. The van der Waals surface area contributed by atoms with E-state index >= 15 is 0 Å². The van der Waals surface area contributed by atoms with Crippen molar-refractivity contribution in [3.63, 3.8) is 0 Å². The highest BCUT2D eigenvalue weighted by Crippen LogP contribution is 2.24. The molecule has 3 aromatic rings. The largest absolute Gasteiger partial charge is 0.618 e. The molecule has 0 radical (unpaired) electrons. The van der Waals surface area contributed by atoms with Crippen molar-refractivity contribution in [3.05, 3.63) is 41.5 Å². The first-order chi connectivity index (χ1) is 13.8. The number of pyridine rings is 1. The maximum Gasteiger partial charge on any atom is 0.407 e. The van der Waals surface area contributed by atoms with Gasteiger partial charge in [-0.05, 0) is 40.2 Å². The lowest BCUT2D eigenvalue weighted by Crippen LogP contribution is -2.33. The molecular weight excluding hydrogens is 372 g/mol. The predicted octanol–water partition coefficient (Wildman–Crippen LogP) is 3.27. The third-order valence-electron chi connectivity index (χ3n) is 4.37. The van der Waals surface area contributed by atoms with E-state index in [0.717, 1.165) is 21.5 Å². The van der Waals surface area contributed by atoms with Crippen LogP contribution in [0.1, 0.15) is 39.9 Å². The average Bonchev–Trinajstić information content (AvgIpc) is 2.99. The van der Waals surface area contributed by atoms with Crippen LogP contribution in [0.4, 0.5) is 4.79 Å². The first-order valence-corrected chi connectivity index (χ1v) is 9.84. The van der Waals surface area contributed by atoms with Gasteiger partial charge in [0, 0.05) is 25.8 Å². The molecule has 0 atom stereocenters. The van der Waals surface area contributed by atoms with Crippen LogP contribution in [0.5, 0.6) is 0 Å². The Morgan fingerprint density at radius 2 is 2.07 bits per heavy atom. The van der Waals surface area contributed by atoms with Crippen LogP contribution in [-0.2, 0) is 22.6 Å². The van der Waals surface area contributed by atoms with Crippen molar-refractivity contribution >= 4 is 28.0 Å². The number of fused-ring (bicyclic) bond motifs is 3. The molecule has 2 heterocycles. The maximum absolute atomic E-state index is 12.4. The van der Waals surface area contributed by atoms with Crippen LogP contribution < -0.4 is 10.0 Å². The van der Waals surface area contributed by atoms with Gasteiger partial charge in [-0.15, -0.1) is 0 Å². The summed E-state index contributed by atoms with van der Waals surface area (Å²) in [6.45, 7) is 9.45. The van der Waals surface area contributed by atoms with E-state index in [2.05, 4.69) is 14.9 Å². The molecule has 1 amide bonds. The van der Waals surface area contributed by atoms with Gasteiger partial charge in [-0.25, -0.2) is 9.78 Å². The van der Waals surface area contributed by atoms with Gasteiger partial charge in [0.2, 0.25) is 11.7 Å². The van der Waals surface area contributed by atoms with Gasteiger partial charge in [-0.2, -0.15) is 4.73 Å². The van der Waals surface area contributed by atoms with E-state index in [1.807, 2.05) is 45.9 Å². The fourth-order valence-corrected chi connectivity index (χ4v) is 3.23. The van der Waals surface area contributed by atoms with Crippen molar-refractivity contribution in [3.8, 4) is 0 Å². The Balaban J connectivity index is 1.85. The Morgan fingerprint density at radius 3 is 2.79 bits per heavy atom. The first kappa shape index (κ1) is 20.9. The van der Waals surface area contributed by atoms with Gasteiger partial charge >= 0.3 is 6.09 Å². The molecule has 156 valence electrons. The van der Waals surface area contributed by atoms with E-state index in [1.165, 1.54) is 6.20 Å². The van der Waals surface area contributed by atoms with Gasteiger partial charge in [0.15, 0.2) is 5.52 Å². The first-order valence-electron chi connectivity index (χ1n) is 9.84. The number of imidazole rings is 1. The number of carbonyl (C=O) groups is 1. The Kier molecular flexibility index (Phi) is 6.22. The minimum absolute atomic E-state index is 0.359. The molecular formula is C21H28N4O4. The van der Waals surface area contributed by atoms with E-state index < -0.39 is 11.7 Å². The van der Waals surface area contributed by atoms with E-state index in [-0.39, 0.29) is 0 Å². The molecule has 0 aliphatic carbocycles. The summed E-state index contributed by atoms with van der Waals surface area (Å²) in [5.74, 6) is 0.760. The lowest BCUT2D eigenvalue weighted by atomic mass is 10.2. The summed E-state index contributed by atoms with van der Waals surface area (Å²) in [4.78, 5) is 16.5. The molecule has 2 aromatic heterocycles. The standard InChI is InChI=1S/C21H28N4O4/c1-5-28-14-18-23-16-13-25(27)17-10-7-6-9-15(17)19(16)24(18)12-8-11-22-20(26)29-21(2,3)4/h6-7,9-10,13H,5,8,11-12,14H2,1-4H3,(H,22,26). The Hall–Kier alpha value is -2.87. The lowest BCUT2D eigenvalue weighted by Gasteiger charge is -2.19. The highest BCUT2D eigenvalue weighted by atomic mass is 16.6. The predicted molar refractivity (Wildman–Crippen MR) is 110 cm³/mol. The van der Waals surface area contributed by atoms with Crippen LogP contribution in [0.3, 0.4) is 0 Å². The smallest absolute Gasteiger partial charge is 0.407 e. The number of benzene rings is 1. The van der Waals surface area contributed by atoms with Gasteiger partial charge in [-0.1, -0.05) is 12.1 Å². The molecule has 8 nitrogen and oxygen atoms in total. The fourth-order valence-electron chi connectivity index (χ4n) is 3.23. The van der Waals surface area contributed by atoms with Crippen molar-refractivity contribution in [1.82, 2.24) is 14.9 Å². The van der Waals surface area contributed by atoms with Crippen molar-refractivity contribution < 1.29 is 19.0 Å². The zero-order valence-corrected chi connectivity index (χ0v) is 17.4. The average molecular weight is 400 g/mol. The van der Waals surface area contributed by atoms with E-state index in [0.29, 0.717) is 43.8 Å². The van der Waals surface area contributed by atoms with Gasteiger partial charge < -0.3 is 24.6 Å². The number of nitrogens with one attached hydrogen (secondary N) is 1. The second-order valence-electron chi connectivity index (χ2n) is 7.80. The van der Waals surface area contributed by atoms with Crippen LogP contribution in [0.15, 0.2) is 30.5 Å². The molecule has 0 unspecified atom stereocenters. The van der Waals surface area contributed by atoms with E-state index in [4.69, 9.17) is 9.47 Å². The number of para-hydroxylation sites is 1. The molecule has 0 bridgehead atoms. The van der Waals surface area contributed by atoms with Gasteiger partial charge in [0.25, 0.3) is 0 Å². The third kappa shape index (κ3) is 4.95. The lowest BCUT2D eigenvalue weighted by molar-refractivity contribution is -0.575. The zero-order chi connectivity index (χ0) is 21.0. The Bertz CT molecular complexity index is 1010.